The van der Waals surface area contributed by atoms with E-state index in [1.165, 1.54) is 11.3 Å². The van der Waals surface area contributed by atoms with Crippen LogP contribution >= 0.6 is 11.3 Å². The largest absolute Gasteiger partial charge is 0.496 e. The van der Waals surface area contributed by atoms with Gasteiger partial charge in [-0.1, -0.05) is 59.9 Å². The lowest BCUT2D eigenvalue weighted by Crippen LogP contribution is -2.43. The molecule has 1 atom stereocenters. The molecule has 1 aromatic heterocycles. The van der Waals surface area contributed by atoms with E-state index in [1.807, 2.05) is 69.3 Å². The van der Waals surface area contributed by atoms with Gasteiger partial charge in [0.1, 0.15) is 17.5 Å². The molecule has 1 amide bonds. The number of benzene rings is 3. The maximum atomic E-state index is 14.4. The zero-order valence-corrected chi connectivity index (χ0v) is 26.3. The molecule has 0 aliphatic carbocycles. The van der Waals surface area contributed by atoms with E-state index in [-0.39, 0.29) is 24.7 Å². The van der Waals surface area contributed by atoms with Crippen molar-refractivity contribution in [1.29, 1.82) is 0 Å². The van der Waals surface area contributed by atoms with Gasteiger partial charge in [0.05, 0.1) is 29.5 Å². The molecular weight excluding hydrogens is 578 g/mol. The van der Waals surface area contributed by atoms with Crippen LogP contribution in [0.5, 0.6) is 11.5 Å². The molecule has 1 aliphatic rings. The first-order valence-electron chi connectivity index (χ1n) is 14.6. The van der Waals surface area contributed by atoms with Gasteiger partial charge in [0.25, 0.3) is 11.5 Å². The molecule has 228 valence electrons. The molecule has 0 saturated carbocycles. The van der Waals surface area contributed by atoms with Crippen molar-refractivity contribution in [2.24, 2.45) is 4.99 Å². The van der Waals surface area contributed by atoms with Gasteiger partial charge in [0, 0.05) is 24.2 Å². The van der Waals surface area contributed by atoms with Crippen LogP contribution in [0.1, 0.15) is 44.9 Å². The van der Waals surface area contributed by atoms with Gasteiger partial charge in [0.2, 0.25) is 0 Å². The number of amides is 1. The van der Waals surface area contributed by atoms with Crippen LogP contribution in [0.3, 0.4) is 0 Å². The van der Waals surface area contributed by atoms with Gasteiger partial charge in [-0.3, -0.25) is 14.2 Å². The first kappa shape index (κ1) is 30.7. The lowest BCUT2D eigenvalue weighted by atomic mass is 9.90. The van der Waals surface area contributed by atoms with E-state index in [0.29, 0.717) is 50.8 Å². The zero-order valence-electron chi connectivity index (χ0n) is 25.5. The summed E-state index contributed by atoms with van der Waals surface area (Å²) in [5.74, 6) is 0.350. The van der Waals surface area contributed by atoms with Crippen molar-refractivity contribution in [2.75, 3.05) is 33.4 Å². The fourth-order valence-electron chi connectivity index (χ4n) is 5.50. The topological polar surface area (TPSA) is 99.4 Å². The Kier molecular flexibility index (Phi) is 9.29. The minimum atomic E-state index is -0.780. The van der Waals surface area contributed by atoms with E-state index in [4.69, 9.17) is 19.2 Å². The first-order valence-corrected chi connectivity index (χ1v) is 15.4. The maximum absolute atomic E-state index is 14.4. The van der Waals surface area contributed by atoms with Gasteiger partial charge in [-0.15, -0.1) is 0 Å². The quantitative estimate of drug-likeness (QED) is 0.249. The Labute approximate surface area is 259 Å². The standard InChI is InChI=1S/C34H35N3O6S/c1-6-36(7-2)33(40)29-21(4)35-34-37(31(29)30-24-15-11-9-13-22(24)17-18-26(30)41-5)32(39)27(44-34)19-23-14-10-12-16-25(23)43-20-28(38)42-8-3/h9-19,31H,6-8,20H2,1-5H3/b27-19+/t31-/m1/s1. The van der Waals surface area contributed by atoms with Crippen LogP contribution in [0.2, 0.25) is 0 Å². The van der Waals surface area contributed by atoms with Crippen LogP contribution in [0.15, 0.2) is 81.7 Å². The number of fused-ring (bicyclic) bond motifs is 2. The molecule has 44 heavy (non-hydrogen) atoms. The summed E-state index contributed by atoms with van der Waals surface area (Å²) in [5.41, 5.74) is 2.03. The summed E-state index contributed by atoms with van der Waals surface area (Å²) in [6.07, 6.45) is 1.73. The van der Waals surface area contributed by atoms with Gasteiger partial charge < -0.3 is 19.1 Å². The number of allylic oxidation sites excluding steroid dienone is 1. The van der Waals surface area contributed by atoms with Crippen LogP contribution in [-0.4, -0.2) is 54.8 Å². The molecule has 0 radical (unpaired) electrons. The molecular formula is C34H35N3O6S. The SMILES string of the molecule is CCOC(=O)COc1ccccc1/C=c1/sc2n(c1=O)[C@@H](c1c(OC)ccc3ccccc13)C(C(=O)N(CC)CC)=C(C)N=2. The maximum Gasteiger partial charge on any atom is 0.344 e. The van der Waals surface area contributed by atoms with E-state index in [1.54, 1.807) is 41.7 Å². The molecule has 9 nitrogen and oxygen atoms in total. The van der Waals surface area contributed by atoms with Crippen LogP contribution in [0.25, 0.3) is 16.8 Å². The van der Waals surface area contributed by atoms with Crippen LogP contribution in [-0.2, 0) is 14.3 Å². The number of rotatable bonds is 10. The third-order valence-corrected chi connectivity index (χ3v) is 8.57. The molecule has 0 unspecified atom stereocenters. The molecule has 0 N–H and O–H groups in total. The minimum Gasteiger partial charge on any atom is -0.496 e. The van der Waals surface area contributed by atoms with Crippen molar-refractivity contribution < 1.29 is 23.8 Å². The predicted octanol–water partition coefficient (Wildman–Crippen LogP) is 4.21. The van der Waals surface area contributed by atoms with Crippen molar-refractivity contribution in [1.82, 2.24) is 9.47 Å². The van der Waals surface area contributed by atoms with Crippen molar-refractivity contribution in [2.45, 2.75) is 33.7 Å². The van der Waals surface area contributed by atoms with Crippen molar-refractivity contribution in [3.8, 4) is 11.5 Å². The number of methoxy groups -OCH3 is 1. The molecule has 0 saturated heterocycles. The predicted molar refractivity (Wildman–Crippen MR) is 171 cm³/mol. The Balaban J connectivity index is 1.75. The molecule has 0 spiro atoms. The smallest absolute Gasteiger partial charge is 0.344 e. The van der Waals surface area contributed by atoms with Crippen molar-refractivity contribution in [3.05, 3.63) is 103 Å². The highest BCUT2D eigenvalue weighted by molar-refractivity contribution is 7.07. The van der Waals surface area contributed by atoms with E-state index >= 15 is 0 Å². The summed E-state index contributed by atoms with van der Waals surface area (Å²) in [6, 6.07) is 18.1. The summed E-state index contributed by atoms with van der Waals surface area (Å²) in [7, 11) is 1.59. The van der Waals surface area contributed by atoms with Gasteiger partial charge in [-0.2, -0.15) is 0 Å². The number of carbonyl (C=O) groups excluding carboxylic acids is 2. The fourth-order valence-corrected chi connectivity index (χ4v) is 6.53. The van der Waals surface area contributed by atoms with E-state index < -0.39 is 12.0 Å². The van der Waals surface area contributed by atoms with Crippen molar-refractivity contribution >= 4 is 40.1 Å². The highest BCUT2D eigenvalue weighted by atomic mass is 32.1. The first-order chi connectivity index (χ1) is 21.3. The molecule has 4 aromatic rings. The number of hydrogen-bond donors (Lipinski definition) is 0. The molecule has 0 bridgehead atoms. The van der Waals surface area contributed by atoms with Crippen molar-refractivity contribution in [3.63, 3.8) is 0 Å². The summed E-state index contributed by atoms with van der Waals surface area (Å²) < 4.78 is 18.6. The zero-order chi connectivity index (χ0) is 31.4. The monoisotopic (exact) mass is 613 g/mol. The lowest BCUT2D eigenvalue weighted by molar-refractivity contribution is -0.145. The number of likely N-dealkylation sites (N-methyl/N-ethyl adjacent to an activating group) is 1. The summed E-state index contributed by atoms with van der Waals surface area (Å²) in [6.45, 7) is 8.44. The molecule has 2 heterocycles. The molecule has 3 aromatic carbocycles. The normalized spacial score (nSPS) is 14.7. The number of thiazole rings is 1. The molecule has 5 rings (SSSR count). The number of nitrogens with zero attached hydrogens (tertiary/aromatic N) is 3. The van der Waals surface area contributed by atoms with Crippen LogP contribution in [0.4, 0.5) is 0 Å². The molecule has 10 heteroatoms. The second-order valence-corrected chi connectivity index (χ2v) is 11.1. The number of para-hydroxylation sites is 1. The van der Waals surface area contributed by atoms with Crippen LogP contribution < -0.4 is 24.4 Å². The van der Waals surface area contributed by atoms with E-state index in [2.05, 4.69) is 0 Å². The van der Waals surface area contributed by atoms with Gasteiger partial charge in [-0.25, -0.2) is 9.79 Å². The Hall–Kier alpha value is -4.70. The van der Waals surface area contributed by atoms with E-state index in [0.717, 1.165) is 16.3 Å². The van der Waals surface area contributed by atoms with Crippen LogP contribution in [0, 0.1) is 0 Å². The minimum absolute atomic E-state index is 0.178. The van der Waals surface area contributed by atoms with Gasteiger partial charge in [0.15, 0.2) is 11.4 Å². The Morgan fingerprint density at radius 1 is 1.00 bits per heavy atom. The lowest BCUT2D eigenvalue weighted by Gasteiger charge is -2.30. The number of ether oxygens (including phenoxy) is 3. The molecule has 1 aliphatic heterocycles. The average molecular weight is 614 g/mol. The fraction of sp³-hybridized carbons (Fsp3) is 0.294. The number of hydrogen-bond acceptors (Lipinski definition) is 8. The molecule has 0 fully saturated rings. The Bertz CT molecular complexity index is 1940. The second kappa shape index (κ2) is 13.3. The Morgan fingerprint density at radius 3 is 2.45 bits per heavy atom. The highest BCUT2D eigenvalue weighted by Crippen LogP contribution is 2.40. The summed E-state index contributed by atoms with van der Waals surface area (Å²) in [4.78, 5) is 47.4. The average Bonchev–Trinajstić information content (AvgIpc) is 3.33. The van der Waals surface area contributed by atoms with Gasteiger partial charge in [-0.05, 0) is 56.7 Å². The second-order valence-electron chi connectivity index (χ2n) is 10.1. The summed E-state index contributed by atoms with van der Waals surface area (Å²) in [5, 5.41) is 1.84. The third-order valence-electron chi connectivity index (χ3n) is 7.58. The third kappa shape index (κ3) is 5.77. The summed E-state index contributed by atoms with van der Waals surface area (Å²) >= 11 is 1.23. The Morgan fingerprint density at radius 2 is 1.73 bits per heavy atom. The number of carbonyl (C=O) groups is 2. The van der Waals surface area contributed by atoms with Gasteiger partial charge >= 0.3 is 5.97 Å². The number of aromatic nitrogens is 1. The number of esters is 1. The highest BCUT2D eigenvalue weighted by Gasteiger charge is 2.36. The van der Waals surface area contributed by atoms with E-state index in [9.17, 15) is 14.4 Å².